The first-order valence-corrected chi connectivity index (χ1v) is 12.4. The van der Waals surface area contributed by atoms with E-state index in [1.54, 1.807) is 34.6 Å². The van der Waals surface area contributed by atoms with E-state index in [1.807, 2.05) is 6.92 Å². The molecule has 0 spiro atoms. The first-order valence-electron chi connectivity index (χ1n) is 12.4. The van der Waals surface area contributed by atoms with Gasteiger partial charge in [0.1, 0.15) is 6.04 Å². The van der Waals surface area contributed by atoms with Crippen molar-refractivity contribution < 1.29 is 48.0 Å². The van der Waals surface area contributed by atoms with Crippen LogP contribution in [0.25, 0.3) is 0 Å². The Kier molecular flexibility index (Phi) is 13.4. The third-order valence-corrected chi connectivity index (χ3v) is 5.07. The Labute approximate surface area is 217 Å². The Balaban J connectivity index is 3.26. The average molecular weight is 526 g/mol. The van der Waals surface area contributed by atoms with Crippen molar-refractivity contribution in [2.75, 3.05) is 0 Å². The summed E-state index contributed by atoms with van der Waals surface area (Å²) in [6.07, 6.45) is -0.737. The van der Waals surface area contributed by atoms with Crippen molar-refractivity contribution in [3.63, 3.8) is 0 Å². The highest BCUT2D eigenvalue weighted by Crippen LogP contribution is 2.35. The zero-order valence-corrected chi connectivity index (χ0v) is 22.4. The van der Waals surface area contributed by atoms with Gasteiger partial charge in [0, 0.05) is 12.3 Å². The Hall–Kier alpha value is -3.34. The largest absolute Gasteiger partial charge is 0.514 e. The van der Waals surface area contributed by atoms with Crippen molar-refractivity contribution in [3.8, 4) is 11.5 Å². The van der Waals surface area contributed by atoms with Gasteiger partial charge in [-0.05, 0) is 65.2 Å². The predicted octanol–water partition coefficient (Wildman–Crippen LogP) is 4.93. The van der Waals surface area contributed by atoms with Gasteiger partial charge in [0.25, 0.3) is 0 Å². The maximum atomic E-state index is 12.2. The van der Waals surface area contributed by atoms with Crippen molar-refractivity contribution in [2.45, 2.75) is 104 Å². The smallest absolute Gasteiger partial charge is 0.480 e. The molecule has 11 heteroatoms. The van der Waals surface area contributed by atoms with E-state index in [4.69, 9.17) is 29.4 Å². The monoisotopic (exact) mass is 525 g/mol. The van der Waals surface area contributed by atoms with Crippen molar-refractivity contribution >= 4 is 24.2 Å². The van der Waals surface area contributed by atoms with Crippen LogP contribution in [0, 0.1) is 0 Å². The third kappa shape index (κ3) is 12.0. The SMILES string of the molecule is CCCCCC(=O)OC(C)CC(c1ccc(OC(=O)OC(C)C)c(OC(=O)OC(C)C)c1)[C@H](N)C(=O)O. The molecular formula is C26H39NO10. The molecule has 3 atom stereocenters. The van der Waals surface area contributed by atoms with E-state index in [0.29, 0.717) is 12.0 Å². The van der Waals surface area contributed by atoms with Gasteiger partial charge < -0.3 is 34.5 Å². The lowest BCUT2D eigenvalue weighted by Crippen LogP contribution is -2.38. The first-order chi connectivity index (χ1) is 17.3. The quantitative estimate of drug-likeness (QED) is 0.147. The van der Waals surface area contributed by atoms with Crippen molar-refractivity contribution in [1.82, 2.24) is 0 Å². The summed E-state index contributed by atoms with van der Waals surface area (Å²) in [5, 5.41) is 9.60. The van der Waals surface area contributed by atoms with Crippen LogP contribution in [0.2, 0.25) is 0 Å². The van der Waals surface area contributed by atoms with Gasteiger partial charge in [0.15, 0.2) is 11.5 Å². The number of hydrogen-bond donors (Lipinski definition) is 2. The molecule has 2 unspecified atom stereocenters. The van der Waals surface area contributed by atoms with Gasteiger partial charge in [-0.25, -0.2) is 9.59 Å². The number of hydrogen-bond acceptors (Lipinski definition) is 10. The second kappa shape index (κ2) is 15.7. The number of rotatable bonds is 14. The third-order valence-electron chi connectivity index (χ3n) is 5.07. The van der Waals surface area contributed by atoms with Gasteiger partial charge >= 0.3 is 24.2 Å². The van der Waals surface area contributed by atoms with Crippen LogP contribution in [-0.4, -0.2) is 53.7 Å². The minimum Gasteiger partial charge on any atom is -0.480 e. The molecule has 0 bridgehead atoms. The van der Waals surface area contributed by atoms with Crippen molar-refractivity contribution in [1.29, 1.82) is 0 Å². The van der Waals surface area contributed by atoms with E-state index in [2.05, 4.69) is 0 Å². The van der Waals surface area contributed by atoms with E-state index in [0.717, 1.165) is 12.8 Å². The molecule has 1 aromatic carbocycles. The number of carboxylic acids is 1. The number of carbonyl (C=O) groups excluding carboxylic acids is 3. The Morgan fingerprint density at radius 1 is 0.865 bits per heavy atom. The number of aliphatic carboxylic acids is 1. The lowest BCUT2D eigenvalue weighted by Gasteiger charge is -2.25. The highest BCUT2D eigenvalue weighted by Gasteiger charge is 2.30. The minimum atomic E-state index is -1.37. The molecule has 0 saturated heterocycles. The topological polar surface area (TPSA) is 161 Å². The molecule has 0 radical (unpaired) electrons. The van der Waals surface area contributed by atoms with Crippen molar-refractivity contribution in [3.05, 3.63) is 23.8 Å². The minimum absolute atomic E-state index is 0.0818. The standard InChI is InChI=1S/C26H39NO10/c1-7-8-9-10-22(28)35-17(6)13-19(23(27)24(29)30)18-11-12-20(36-25(31)33-15(2)3)21(14-18)37-26(32)34-16(4)5/h11-12,14-17,19,23H,7-10,13,27H2,1-6H3,(H,29,30)/t17?,19?,23-/m0/s1. The molecular weight excluding hydrogens is 486 g/mol. The summed E-state index contributed by atoms with van der Waals surface area (Å²) in [5.41, 5.74) is 6.34. The second-order valence-corrected chi connectivity index (χ2v) is 9.21. The highest BCUT2D eigenvalue weighted by atomic mass is 16.7. The molecule has 3 N–H and O–H groups in total. The number of carbonyl (C=O) groups is 4. The molecule has 0 amide bonds. The Morgan fingerprint density at radius 3 is 1.95 bits per heavy atom. The van der Waals surface area contributed by atoms with Gasteiger partial charge in [-0.3, -0.25) is 9.59 Å². The van der Waals surface area contributed by atoms with Crippen LogP contribution in [0.4, 0.5) is 9.59 Å². The fourth-order valence-electron chi connectivity index (χ4n) is 3.40. The molecule has 0 aliphatic rings. The highest BCUT2D eigenvalue weighted by molar-refractivity contribution is 5.75. The summed E-state index contributed by atoms with van der Waals surface area (Å²) >= 11 is 0. The Bertz CT molecular complexity index is 915. The van der Waals surface area contributed by atoms with E-state index >= 15 is 0 Å². The normalized spacial score (nSPS) is 13.4. The zero-order chi connectivity index (χ0) is 28.1. The fourth-order valence-corrected chi connectivity index (χ4v) is 3.40. The van der Waals surface area contributed by atoms with Crippen LogP contribution in [0.1, 0.15) is 85.1 Å². The van der Waals surface area contributed by atoms with Gasteiger partial charge in [0.2, 0.25) is 0 Å². The summed E-state index contributed by atoms with van der Waals surface area (Å²) < 4.78 is 25.9. The fraction of sp³-hybridized carbons (Fsp3) is 0.615. The van der Waals surface area contributed by atoms with Gasteiger partial charge in [-0.15, -0.1) is 0 Å². The summed E-state index contributed by atoms with van der Waals surface area (Å²) in [4.78, 5) is 48.1. The molecule has 0 saturated carbocycles. The van der Waals surface area contributed by atoms with Gasteiger partial charge in [-0.1, -0.05) is 25.8 Å². The molecule has 0 aromatic heterocycles. The van der Waals surface area contributed by atoms with Crippen LogP contribution in [-0.2, 0) is 23.8 Å². The summed E-state index contributed by atoms with van der Waals surface area (Å²) in [6.45, 7) is 10.2. The molecule has 0 aliphatic heterocycles. The zero-order valence-electron chi connectivity index (χ0n) is 22.4. The van der Waals surface area contributed by atoms with Crippen LogP contribution in [0.3, 0.4) is 0 Å². The number of carboxylic acid groups (broad SMARTS) is 1. The van der Waals surface area contributed by atoms with E-state index < -0.39 is 48.6 Å². The lowest BCUT2D eigenvalue weighted by molar-refractivity contribution is -0.149. The molecule has 0 heterocycles. The first kappa shape index (κ1) is 31.7. The number of nitrogens with two attached hydrogens (primary N) is 1. The van der Waals surface area contributed by atoms with E-state index in [9.17, 15) is 24.3 Å². The number of ether oxygens (including phenoxy) is 5. The second-order valence-electron chi connectivity index (χ2n) is 9.21. The van der Waals surface area contributed by atoms with E-state index in [1.165, 1.54) is 18.2 Å². The molecule has 1 rings (SSSR count). The van der Waals surface area contributed by atoms with Crippen LogP contribution in [0.5, 0.6) is 11.5 Å². The summed E-state index contributed by atoms with van der Waals surface area (Å²) in [7, 11) is 0. The number of unbranched alkanes of at least 4 members (excludes halogenated alkanes) is 2. The van der Waals surface area contributed by atoms with Crippen LogP contribution >= 0.6 is 0 Å². The number of esters is 1. The lowest BCUT2D eigenvalue weighted by atomic mass is 9.87. The van der Waals surface area contributed by atoms with Crippen LogP contribution in [0.15, 0.2) is 18.2 Å². The number of benzene rings is 1. The van der Waals surface area contributed by atoms with Gasteiger partial charge in [0.05, 0.1) is 18.3 Å². The molecule has 11 nitrogen and oxygen atoms in total. The Morgan fingerprint density at radius 2 is 1.43 bits per heavy atom. The van der Waals surface area contributed by atoms with E-state index in [-0.39, 0.29) is 30.3 Å². The average Bonchev–Trinajstić information content (AvgIpc) is 2.77. The maximum Gasteiger partial charge on any atom is 0.514 e. The van der Waals surface area contributed by atoms with Crippen molar-refractivity contribution in [2.24, 2.45) is 5.73 Å². The molecule has 37 heavy (non-hydrogen) atoms. The predicted molar refractivity (Wildman–Crippen MR) is 134 cm³/mol. The molecule has 0 fully saturated rings. The molecule has 208 valence electrons. The summed E-state index contributed by atoms with van der Waals surface area (Å²) in [6, 6.07) is 2.79. The molecule has 0 aliphatic carbocycles. The summed E-state index contributed by atoms with van der Waals surface area (Å²) in [5.74, 6) is -2.83. The van der Waals surface area contributed by atoms with Crippen LogP contribution < -0.4 is 15.2 Å². The van der Waals surface area contributed by atoms with Gasteiger partial charge in [-0.2, -0.15) is 0 Å². The maximum absolute atomic E-state index is 12.2. The molecule has 1 aromatic rings.